The van der Waals surface area contributed by atoms with E-state index in [-0.39, 0.29) is 19.1 Å². The first kappa shape index (κ1) is 18.0. The van der Waals surface area contributed by atoms with Crippen LogP contribution < -0.4 is 10.1 Å². The van der Waals surface area contributed by atoms with E-state index < -0.39 is 5.97 Å². The summed E-state index contributed by atoms with van der Waals surface area (Å²) in [5.74, 6) is -0.130. The quantitative estimate of drug-likeness (QED) is 0.561. The summed E-state index contributed by atoms with van der Waals surface area (Å²) in [6.45, 7) is 2.43. The van der Waals surface area contributed by atoms with Crippen LogP contribution in [-0.2, 0) is 25.5 Å². The van der Waals surface area contributed by atoms with Crippen molar-refractivity contribution < 1.29 is 23.8 Å². The van der Waals surface area contributed by atoms with Crippen molar-refractivity contribution in [1.82, 2.24) is 10.3 Å². The van der Waals surface area contributed by atoms with E-state index in [0.29, 0.717) is 18.7 Å². The van der Waals surface area contributed by atoms with Crippen molar-refractivity contribution >= 4 is 22.8 Å². The molecule has 2 N–H and O–H groups in total. The fraction of sp³-hybridized carbons (Fsp3) is 0.412. The number of rotatable bonds is 8. The fourth-order valence-electron chi connectivity index (χ4n) is 2.53. The highest BCUT2D eigenvalue weighted by Crippen LogP contribution is 2.26. The molecular weight excluding hydrogens is 312 g/mol. The van der Waals surface area contributed by atoms with Crippen LogP contribution in [0, 0.1) is 6.92 Å². The smallest absolute Gasteiger partial charge is 0.337 e. The van der Waals surface area contributed by atoms with Crippen molar-refractivity contribution in [3.05, 3.63) is 29.5 Å². The Morgan fingerprint density at radius 3 is 2.62 bits per heavy atom. The number of aryl methyl sites for hydroxylation is 1. The van der Waals surface area contributed by atoms with Gasteiger partial charge in [0.15, 0.2) is 0 Å². The first-order chi connectivity index (χ1) is 11.5. The van der Waals surface area contributed by atoms with Gasteiger partial charge in [0.1, 0.15) is 19.0 Å². The molecule has 1 amide bonds. The molecule has 0 radical (unpaired) electrons. The number of aromatic amines is 1. The molecule has 0 aliphatic carbocycles. The van der Waals surface area contributed by atoms with Crippen LogP contribution in [0.5, 0.6) is 5.75 Å². The minimum Gasteiger partial charge on any atom is -0.425 e. The number of H-pyrrole nitrogens is 1. The molecule has 0 spiro atoms. The van der Waals surface area contributed by atoms with Crippen molar-refractivity contribution in [3.8, 4) is 5.75 Å². The molecule has 2 aromatic rings. The molecular formula is C17H22N2O5. The lowest BCUT2D eigenvalue weighted by Gasteiger charge is -2.06. The summed E-state index contributed by atoms with van der Waals surface area (Å²) in [7, 11) is 2.92. The summed E-state index contributed by atoms with van der Waals surface area (Å²) in [6.07, 6.45) is 0.663. The standard InChI is InChI=1S/C17H22N2O5/c1-11-13(6-7-18-16(20)9-22-2)14-8-12(4-5-15(14)19-11)24-17(21)10-23-3/h4-5,8,19H,6-7,9-10H2,1-3H3,(H,18,20). The SMILES string of the molecule is COCC(=O)NCCc1c(C)[nH]c2ccc(OC(=O)COC)cc12. The summed E-state index contributed by atoms with van der Waals surface area (Å²) in [5, 5.41) is 3.77. The van der Waals surface area contributed by atoms with E-state index in [1.54, 1.807) is 6.07 Å². The third-order valence-corrected chi connectivity index (χ3v) is 3.56. The molecule has 0 unspecified atom stereocenters. The van der Waals surface area contributed by atoms with Gasteiger partial charge in [0.25, 0.3) is 0 Å². The monoisotopic (exact) mass is 334 g/mol. The van der Waals surface area contributed by atoms with Crippen LogP contribution in [0.25, 0.3) is 10.9 Å². The zero-order valence-corrected chi connectivity index (χ0v) is 14.1. The number of methoxy groups -OCH3 is 2. The van der Waals surface area contributed by atoms with E-state index in [4.69, 9.17) is 14.2 Å². The lowest BCUT2D eigenvalue weighted by molar-refractivity contribution is -0.138. The summed E-state index contributed by atoms with van der Waals surface area (Å²) in [5.41, 5.74) is 3.05. The van der Waals surface area contributed by atoms with Gasteiger partial charge in [-0.3, -0.25) is 4.79 Å². The van der Waals surface area contributed by atoms with Gasteiger partial charge in [-0.05, 0) is 37.1 Å². The molecule has 0 saturated carbocycles. The van der Waals surface area contributed by atoms with Crippen LogP contribution in [0.1, 0.15) is 11.3 Å². The number of benzene rings is 1. The Morgan fingerprint density at radius 1 is 1.17 bits per heavy atom. The normalized spacial score (nSPS) is 10.8. The number of fused-ring (bicyclic) bond motifs is 1. The largest absolute Gasteiger partial charge is 0.425 e. The van der Waals surface area contributed by atoms with Crippen molar-refractivity contribution in [2.75, 3.05) is 34.0 Å². The molecule has 7 heteroatoms. The van der Waals surface area contributed by atoms with Gasteiger partial charge in [0.2, 0.25) is 5.91 Å². The molecule has 1 aromatic heterocycles. The van der Waals surface area contributed by atoms with Crippen LogP contribution in [0.4, 0.5) is 0 Å². The molecule has 1 aromatic carbocycles. The minimum absolute atomic E-state index is 0.0481. The zero-order valence-electron chi connectivity index (χ0n) is 14.1. The topological polar surface area (TPSA) is 89.6 Å². The Bertz CT molecular complexity index is 723. The number of nitrogens with one attached hydrogen (secondary N) is 2. The van der Waals surface area contributed by atoms with Crippen LogP contribution in [0.3, 0.4) is 0 Å². The minimum atomic E-state index is -0.447. The lowest BCUT2D eigenvalue weighted by atomic mass is 10.1. The average Bonchev–Trinajstić information content (AvgIpc) is 2.83. The van der Waals surface area contributed by atoms with Crippen LogP contribution in [0.15, 0.2) is 18.2 Å². The molecule has 0 aliphatic heterocycles. The van der Waals surface area contributed by atoms with E-state index in [1.165, 1.54) is 14.2 Å². The first-order valence-electron chi connectivity index (χ1n) is 7.61. The fourth-order valence-corrected chi connectivity index (χ4v) is 2.53. The summed E-state index contributed by atoms with van der Waals surface area (Å²) < 4.78 is 14.8. The molecule has 24 heavy (non-hydrogen) atoms. The van der Waals surface area contributed by atoms with Gasteiger partial charge >= 0.3 is 5.97 Å². The number of aromatic nitrogens is 1. The number of carbonyl (C=O) groups excluding carboxylic acids is 2. The van der Waals surface area contributed by atoms with Crippen LogP contribution in [-0.4, -0.2) is 50.8 Å². The molecule has 1 heterocycles. The predicted molar refractivity (Wildman–Crippen MR) is 89.1 cm³/mol. The molecule has 2 rings (SSSR count). The highest BCUT2D eigenvalue weighted by atomic mass is 16.6. The lowest BCUT2D eigenvalue weighted by Crippen LogP contribution is -2.29. The second-order valence-electron chi connectivity index (χ2n) is 5.38. The van der Waals surface area contributed by atoms with Crippen molar-refractivity contribution in [1.29, 1.82) is 0 Å². The van der Waals surface area contributed by atoms with E-state index in [9.17, 15) is 9.59 Å². The zero-order chi connectivity index (χ0) is 17.5. The van der Waals surface area contributed by atoms with Crippen LogP contribution >= 0.6 is 0 Å². The molecule has 0 fully saturated rings. The van der Waals surface area contributed by atoms with Crippen molar-refractivity contribution in [2.45, 2.75) is 13.3 Å². The number of amides is 1. The molecule has 0 saturated heterocycles. The van der Waals surface area contributed by atoms with Gasteiger partial charge in [-0.15, -0.1) is 0 Å². The van der Waals surface area contributed by atoms with Gasteiger partial charge in [-0.2, -0.15) is 0 Å². The van der Waals surface area contributed by atoms with Crippen LogP contribution in [0.2, 0.25) is 0 Å². The van der Waals surface area contributed by atoms with E-state index >= 15 is 0 Å². The number of hydrogen-bond donors (Lipinski definition) is 2. The molecule has 7 nitrogen and oxygen atoms in total. The summed E-state index contributed by atoms with van der Waals surface area (Å²) in [6, 6.07) is 5.42. The second-order valence-corrected chi connectivity index (χ2v) is 5.38. The summed E-state index contributed by atoms with van der Waals surface area (Å²) >= 11 is 0. The van der Waals surface area contributed by atoms with Gasteiger partial charge in [0, 0.05) is 37.4 Å². The van der Waals surface area contributed by atoms with E-state index in [2.05, 4.69) is 10.3 Å². The number of carbonyl (C=O) groups is 2. The number of esters is 1. The Morgan fingerprint density at radius 2 is 1.92 bits per heavy atom. The Hall–Kier alpha value is -2.38. The number of hydrogen-bond acceptors (Lipinski definition) is 5. The Balaban J connectivity index is 2.12. The maximum Gasteiger partial charge on any atom is 0.337 e. The predicted octanol–water partition coefficient (Wildman–Crippen LogP) is 1.33. The summed E-state index contributed by atoms with van der Waals surface area (Å²) in [4.78, 5) is 26.3. The van der Waals surface area contributed by atoms with Crippen molar-refractivity contribution in [2.24, 2.45) is 0 Å². The van der Waals surface area contributed by atoms with Crippen molar-refractivity contribution in [3.63, 3.8) is 0 Å². The molecule has 0 aliphatic rings. The van der Waals surface area contributed by atoms with Gasteiger partial charge in [0.05, 0.1) is 0 Å². The maximum atomic E-state index is 11.5. The highest BCUT2D eigenvalue weighted by Gasteiger charge is 2.11. The molecule has 0 atom stereocenters. The van der Waals surface area contributed by atoms with Gasteiger partial charge in [-0.25, -0.2) is 4.79 Å². The average molecular weight is 334 g/mol. The van der Waals surface area contributed by atoms with Gasteiger partial charge < -0.3 is 24.5 Å². The third kappa shape index (κ3) is 4.56. The van der Waals surface area contributed by atoms with Gasteiger partial charge in [-0.1, -0.05) is 0 Å². The molecule has 0 bridgehead atoms. The first-order valence-corrected chi connectivity index (χ1v) is 7.61. The molecule has 130 valence electrons. The van der Waals surface area contributed by atoms with E-state index in [0.717, 1.165) is 22.2 Å². The maximum absolute atomic E-state index is 11.5. The highest BCUT2D eigenvalue weighted by molar-refractivity contribution is 5.87. The van der Waals surface area contributed by atoms with E-state index in [1.807, 2.05) is 19.1 Å². The second kappa shape index (κ2) is 8.47. The number of ether oxygens (including phenoxy) is 3. The Labute approximate surface area is 140 Å². The Kier molecular flexibility index (Phi) is 6.34. The third-order valence-electron chi connectivity index (χ3n) is 3.56.